The highest BCUT2D eigenvalue weighted by Gasteiger charge is 2.21. The molecule has 0 amide bonds. The molecule has 2 N–H and O–H groups in total. The van der Waals surface area contributed by atoms with Crippen LogP contribution in [0.2, 0.25) is 0 Å². The molecule has 4 heterocycles. The van der Waals surface area contributed by atoms with E-state index in [0.717, 1.165) is 30.9 Å². The van der Waals surface area contributed by atoms with E-state index in [1.165, 1.54) is 11.1 Å². The third kappa shape index (κ3) is 4.01. The lowest BCUT2D eigenvalue weighted by Crippen LogP contribution is -2.23. The van der Waals surface area contributed by atoms with Crippen LogP contribution in [0.4, 0.5) is 11.6 Å². The van der Waals surface area contributed by atoms with Gasteiger partial charge >= 0.3 is 0 Å². The van der Waals surface area contributed by atoms with Crippen molar-refractivity contribution in [3.05, 3.63) is 82.4 Å². The van der Waals surface area contributed by atoms with Crippen molar-refractivity contribution in [3.8, 4) is 5.82 Å². The second-order valence-corrected chi connectivity index (χ2v) is 9.58. The number of fused-ring (bicyclic) bond motifs is 2. The summed E-state index contributed by atoms with van der Waals surface area (Å²) in [5.74, 6) is 1.05. The zero-order valence-electron chi connectivity index (χ0n) is 19.8. The topological polar surface area (TPSA) is 89.7 Å². The van der Waals surface area contributed by atoms with Crippen molar-refractivity contribution >= 4 is 22.7 Å². The van der Waals surface area contributed by atoms with Gasteiger partial charge in [-0.3, -0.25) is 4.79 Å². The number of anilines is 2. The van der Waals surface area contributed by atoms with Gasteiger partial charge in [0, 0.05) is 29.5 Å². The lowest BCUT2D eigenvalue weighted by atomic mass is 9.92. The van der Waals surface area contributed by atoms with Gasteiger partial charge in [0.2, 0.25) is 5.95 Å². The van der Waals surface area contributed by atoms with Crippen molar-refractivity contribution < 1.29 is 0 Å². The molecule has 0 spiro atoms. The van der Waals surface area contributed by atoms with E-state index in [1.807, 2.05) is 24.3 Å². The number of pyridine rings is 1. The second kappa shape index (κ2) is 8.53. The Hall–Kier alpha value is -3.78. The molecule has 4 aromatic rings. The Kier molecular flexibility index (Phi) is 5.53. The smallest absolute Gasteiger partial charge is 0.278 e. The summed E-state index contributed by atoms with van der Waals surface area (Å²) in [6.45, 7) is 12.3. The van der Waals surface area contributed by atoms with Crippen LogP contribution in [0.5, 0.6) is 0 Å². The van der Waals surface area contributed by atoms with E-state index >= 15 is 0 Å². The maximum absolute atomic E-state index is 13.2. The minimum Gasteiger partial charge on any atom is -0.324 e. The van der Waals surface area contributed by atoms with Crippen molar-refractivity contribution in [2.45, 2.75) is 45.7 Å². The Morgan fingerprint density at radius 2 is 2.03 bits per heavy atom. The van der Waals surface area contributed by atoms with Crippen LogP contribution in [0, 0.1) is 0 Å². The molecule has 0 unspecified atom stereocenters. The van der Waals surface area contributed by atoms with Gasteiger partial charge < -0.3 is 10.6 Å². The van der Waals surface area contributed by atoms with E-state index in [-0.39, 0.29) is 11.0 Å². The molecular formula is C26H29N7O. The molecule has 1 aliphatic heterocycles. The van der Waals surface area contributed by atoms with Crippen LogP contribution >= 0.6 is 0 Å². The lowest BCUT2D eigenvalue weighted by Gasteiger charge is -2.19. The molecule has 5 rings (SSSR count). The van der Waals surface area contributed by atoms with Crippen LogP contribution < -0.4 is 16.2 Å². The highest BCUT2D eigenvalue weighted by atomic mass is 16.1. The van der Waals surface area contributed by atoms with E-state index in [2.05, 4.69) is 55.1 Å². The molecular weight excluding hydrogens is 426 g/mol. The van der Waals surface area contributed by atoms with Crippen molar-refractivity contribution in [1.29, 1.82) is 0 Å². The number of benzene rings is 1. The van der Waals surface area contributed by atoms with Crippen molar-refractivity contribution in [2.75, 3.05) is 11.9 Å². The highest BCUT2D eigenvalue weighted by molar-refractivity contribution is 5.77. The Bertz CT molecular complexity index is 1440. The second-order valence-electron chi connectivity index (χ2n) is 9.58. The largest absolute Gasteiger partial charge is 0.324 e. The molecule has 0 atom stereocenters. The molecule has 3 aromatic heterocycles. The van der Waals surface area contributed by atoms with Crippen LogP contribution in [0.25, 0.3) is 16.9 Å². The van der Waals surface area contributed by atoms with Gasteiger partial charge in [0.25, 0.3) is 5.56 Å². The molecule has 0 aliphatic carbocycles. The molecule has 1 aromatic carbocycles. The summed E-state index contributed by atoms with van der Waals surface area (Å²) in [5.41, 5.74) is 4.67. The molecule has 8 nitrogen and oxygen atoms in total. The average Bonchev–Trinajstić information content (AvgIpc) is 3.10. The van der Waals surface area contributed by atoms with Crippen LogP contribution in [-0.4, -0.2) is 30.9 Å². The first-order chi connectivity index (χ1) is 16.3. The zero-order chi connectivity index (χ0) is 23.9. The summed E-state index contributed by atoms with van der Waals surface area (Å²) >= 11 is 0. The lowest BCUT2D eigenvalue weighted by molar-refractivity contribution is 0.554. The SMILES string of the molecule is C=CCn1c(=O)c2cnc(Nc3ccc4c(c3)CNCC4)nc2n1-c1cccc(C(C)(C)C)n1. The van der Waals surface area contributed by atoms with Crippen LogP contribution in [0.1, 0.15) is 37.6 Å². The number of allylic oxidation sites excluding steroid dienone is 1. The summed E-state index contributed by atoms with van der Waals surface area (Å²) < 4.78 is 3.35. The van der Waals surface area contributed by atoms with Gasteiger partial charge in [0.15, 0.2) is 11.5 Å². The molecule has 0 saturated heterocycles. The monoisotopic (exact) mass is 455 g/mol. The van der Waals surface area contributed by atoms with E-state index < -0.39 is 0 Å². The third-order valence-corrected chi connectivity index (χ3v) is 6.05. The number of rotatable bonds is 5. The molecule has 0 radical (unpaired) electrons. The predicted molar refractivity (Wildman–Crippen MR) is 135 cm³/mol. The molecule has 0 bridgehead atoms. The normalized spacial score (nSPS) is 13.6. The highest BCUT2D eigenvalue weighted by Crippen LogP contribution is 2.24. The number of hydrogen-bond donors (Lipinski definition) is 2. The maximum Gasteiger partial charge on any atom is 0.278 e. The van der Waals surface area contributed by atoms with Crippen LogP contribution in [0.3, 0.4) is 0 Å². The summed E-state index contributed by atoms with van der Waals surface area (Å²) in [7, 11) is 0. The first-order valence-electron chi connectivity index (χ1n) is 11.5. The number of hydrogen-bond acceptors (Lipinski definition) is 6. The molecule has 34 heavy (non-hydrogen) atoms. The summed E-state index contributed by atoms with van der Waals surface area (Å²) in [6, 6.07) is 12.2. The number of nitrogens with zero attached hydrogens (tertiary/aromatic N) is 5. The van der Waals surface area contributed by atoms with Crippen molar-refractivity contribution in [2.24, 2.45) is 0 Å². The maximum atomic E-state index is 13.2. The Morgan fingerprint density at radius 3 is 2.82 bits per heavy atom. The minimum atomic E-state index is -0.177. The number of aromatic nitrogens is 5. The van der Waals surface area contributed by atoms with Gasteiger partial charge in [-0.25, -0.2) is 19.3 Å². The standard InChI is InChI=1S/C26H29N7O/c1-5-13-32-24(34)20-16-28-25(29-19-10-9-17-11-12-27-15-18(17)14-19)31-23(20)33(32)22-8-6-7-21(30-22)26(2,3)4/h5-10,14,16,27H,1,11-13,15H2,2-4H3,(H,28,29,31). The van der Waals surface area contributed by atoms with Gasteiger partial charge in [0.1, 0.15) is 5.39 Å². The van der Waals surface area contributed by atoms with Crippen molar-refractivity contribution in [3.63, 3.8) is 0 Å². The van der Waals surface area contributed by atoms with Crippen LogP contribution in [0.15, 0.2) is 60.0 Å². The third-order valence-electron chi connectivity index (χ3n) is 6.05. The molecule has 0 saturated carbocycles. The fourth-order valence-electron chi connectivity index (χ4n) is 4.25. The molecule has 1 aliphatic rings. The van der Waals surface area contributed by atoms with Gasteiger partial charge in [-0.2, -0.15) is 4.98 Å². The first kappa shape index (κ1) is 22.0. The minimum absolute atomic E-state index is 0.133. The van der Waals surface area contributed by atoms with Gasteiger partial charge in [-0.05, 0) is 48.4 Å². The van der Waals surface area contributed by atoms with Gasteiger partial charge in [0.05, 0.1) is 6.54 Å². The molecule has 174 valence electrons. The zero-order valence-corrected chi connectivity index (χ0v) is 19.8. The number of nitrogens with one attached hydrogen (secondary N) is 2. The van der Waals surface area contributed by atoms with E-state index in [4.69, 9.17) is 9.97 Å². The molecule has 8 heteroatoms. The van der Waals surface area contributed by atoms with Gasteiger partial charge in [-0.1, -0.05) is 39.0 Å². The quantitative estimate of drug-likeness (QED) is 0.445. The van der Waals surface area contributed by atoms with E-state index in [1.54, 1.807) is 21.6 Å². The Balaban J connectivity index is 1.62. The first-order valence-corrected chi connectivity index (χ1v) is 11.5. The predicted octanol–water partition coefficient (Wildman–Crippen LogP) is 3.85. The summed E-state index contributed by atoms with van der Waals surface area (Å²) in [5, 5.41) is 7.14. The fourth-order valence-corrected chi connectivity index (χ4v) is 4.25. The average molecular weight is 456 g/mol. The Morgan fingerprint density at radius 1 is 1.18 bits per heavy atom. The van der Waals surface area contributed by atoms with Gasteiger partial charge in [-0.15, -0.1) is 6.58 Å². The van der Waals surface area contributed by atoms with E-state index in [9.17, 15) is 4.79 Å². The van der Waals surface area contributed by atoms with Crippen LogP contribution in [-0.2, 0) is 24.9 Å². The van der Waals surface area contributed by atoms with Crippen molar-refractivity contribution in [1.82, 2.24) is 29.6 Å². The Labute approximate surface area is 198 Å². The summed E-state index contributed by atoms with van der Waals surface area (Å²) in [4.78, 5) is 27.2. The summed E-state index contributed by atoms with van der Waals surface area (Å²) in [6.07, 6.45) is 4.30. The molecule has 0 fully saturated rings. The van der Waals surface area contributed by atoms with E-state index in [0.29, 0.717) is 29.3 Å². The fraction of sp³-hybridized carbons (Fsp3) is 0.308.